The summed E-state index contributed by atoms with van der Waals surface area (Å²) < 4.78 is 1.08. The minimum Gasteiger partial charge on any atom is -0.271 e. The maximum atomic E-state index is 5.29. The fourth-order valence-electron chi connectivity index (χ4n) is 0.758. The largest absolute Gasteiger partial charge is 0.271 e. The van der Waals surface area contributed by atoms with Crippen LogP contribution in [-0.4, -0.2) is 0 Å². The topological polar surface area (TPSA) is 38.0 Å². The van der Waals surface area contributed by atoms with Crippen LogP contribution in [-0.2, 0) is 0 Å². The predicted molar refractivity (Wildman–Crippen MR) is 52.3 cm³/mol. The molecule has 0 radical (unpaired) electrons. The standard InChI is InChI=1S/C7H9BrN2S/c1-2-6(10-9)7-3-5(8)4-11-7/h2-4,6,10H,1,9H2. The summed E-state index contributed by atoms with van der Waals surface area (Å²) in [4.78, 5) is 1.16. The molecule has 1 rings (SSSR count). The molecule has 0 spiro atoms. The third-order valence-electron chi connectivity index (χ3n) is 1.31. The Kier molecular flexibility index (Phi) is 3.26. The summed E-state index contributed by atoms with van der Waals surface area (Å²) in [6.45, 7) is 3.67. The monoisotopic (exact) mass is 232 g/mol. The van der Waals surface area contributed by atoms with Gasteiger partial charge in [-0.2, -0.15) is 0 Å². The Balaban J connectivity index is 2.81. The highest BCUT2D eigenvalue weighted by Gasteiger charge is 2.06. The van der Waals surface area contributed by atoms with Crippen molar-refractivity contribution in [2.24, 2.45) is 5.84 Å². The van der Waals surface area contributed by atoms with Crippen molar-refractivity contribution in [1.82, 2.24) is 5.43 Å². The number of thiophene rings is 1. The van der Waals surface area contributed by atoms with Crippen molar-refractivity contribution in [2.45, 2.75) is 6.04 Å². The fraction of sp³-hybridized carbons (Fsp3) is 0.143. The molecular formula is C7H9BrN2S. The van der Waals surface area contributed by atoms with E-state index in [2.05, 4.69) is 27.9 Å². The van der Waals surface area contributed by atoms with Crippen molar-refractivity contribution in [3.63, 3.8) is 0 Å². The summed E-state index contributed by atoms with van der Waals surface area (Å²) in [7, 11) is 0. The van der Waals surface area contributed by atoms with Gasteiger partial charge in [0.25, 0.3) is 0 Å². The first kappa shape index (κ1) is 8.93. The van der Waals surface area contributed by atoms with Crippen molar-refractivity contribution in [2.75, 3.05) is 0 Å². The van der Waals surface area contributed by atoms with Gasteiger partial charge in [-0.3, -0.25) is 5.84 Å². The molecule has 2 nitrogen and oxygen atoms in total. The van der Waals surface area contributed by atoms with Gasteiger partial charge in [0.1, 0.15) is 0 Å². The van der Waals surface area contributed by atoms with Crippen LogP contribution in [0.1, 0.15) is 10.9 Å². The Morgan fingerprint density at radius 1 is 1.82 bits per heavy atom. The Hall–Kier alpha value is -0.160. The fourth-order valence-corrected chi connectivity index (χ4v) is 2.26. The molecule has 0 fully saturated rings. The van der Waals surface area contributed by atoms with Gasteiger partial charge in [0.2, 0.25) is 0 Å². The molecule has 0 aliphatic rings. The van der Waals surface area contributed by atoms with Crippen LogP contribution in [0.25, 0.3) is 0 Å². The predicted octanol–water partition coefficient (Wildman–Crippen LogP) is 2.20. The average molecular weight is 233 g/mol. The molecule has 1 unspecified atom stereocenters. The number of rotatable bonds is 3. The van der Waals surface area contributed by atoms with Gasteiger partial charge < -0.3 is 0 Å². The first-order valence-electron chi connectivity index (χ1n) is 3.10. The number of halogens is 1. The zero-order chi connectivity index (χ0) is 8.27. The Morgan fingerprint density at radius 2 is 2.55 bits per heavy atom. The normalized spacial score (nSPS) is 12.9. The van der Waals surface area contributed by atoms with Crippen molar-refractivity contribution >= 4 is 27.3 Å². The molecule has 4 heteroatoms. The molecule has 0 saturated heterocycles. The molecule has 3 N–H and O–H groups in total. The van der Waals surface area contributed by atoms with Gasteiger partial charge in [-0.15, -0.1) is 17.9 Å². The summed E-state index contributed by atoms with van der Waals surface area (Å²) in [5.74, 6) is 5.29. The van der Waals surface area contributed by atoms with E-state index in [4.69, 9.17) is 5.84 Å². The highest BCUT2D eigenvalue weighted by Crippen LogP contribution is 2.25. The SMILES string of the molecule is C=CC(NN)c1cc(Br)cs1. The smallest absolute Gasteiger partial charge is 0.0731 e. The third kappa shape index (κ3) is 2.13. The van der Waals surface area contributed by atoms with Crippen LogP contribution >= 0.6 is 27.3 Å². The number of hydrazine groups is 1. The molecule has 1 heterocycles. The number of hydrogen-bond donors (Lipinski definition) is 2. The molecule has 1 aromatic rings. The number of hydrogen-bond acceptors (Lipinski definition) is 3. The maximum Gasteiger partial charge on any atom is 0.0731 e. The molecule has 0 aromatic carbocycles. The van der Waals surface area contributed by atoms with Gasteiger partial charge in [-0.05, 0) is 22.0 Å². The van der Waals surface area contributed by atoms with Crippen LogP contribution in [0.3, 0.4) is 0 Å². The quantitative estimate of drug-likeness (QED) is 0.477. The van der Waals surface area contributed by atoms with Crippen LogP contribution in [0.2, 0.25) is 0 Å². The summed E-state index contributed by atoms with van der Waals surface area (Å²) in [6, 6.07) is 2.09. The van der Waals surface area contributed by atoms with E-state index in [0.29, 0.717) is 0 Å². The molecule has 1 atom stereocenters. The van der Waals surface area contributed by atoms with E-state index in [9.17, 15) is 0 Å². The summed E-state index contributed by atoms with van der Waals surface area (Å²) in [5.41, 5.74) is 2.65. The van der Waals surface area contributed by atoms with Crippen LogP contribution in [0, 0.1) is 0 Å². The van der Waals surface area contributed by atoms with E-state index >= 15 is 0 Å². The minimum absolute atomic E-state index is 0.0614. The molecule has 1 aromatic heterocycles. The van der Waals surface area contributed by atoms with E-state index in [0.717, 1.165) is 9.35 Å². The second-order valence-electron chi connectivity index (χ2n) is 2.05. The van der Waals surface area contributed by atoms with E-state index < -0.39 is 0 Å². The van der Waals surface area contributed by atoms with Gasteiger partial charge in [-0.1, -0.05) is 6.08 Å². The summed E-state index contributed by atoms with van der Waals surface area (Å²) in [5, 5.41) is 2.02. The Morgan fingerprint density at radius 3 is 2.91 bits per heavy atom. The molecule has 0 aliphatic heterocycles. The summed E-state index contributed by atoms with van der Waals surface area (Å²) >= 11 is 5.01. The molecule has 0 bridgehead atoms. The van der Waals surface area contributed by atoms with Crippen LogP contribution < -0.4 is 11.3 Å². The Labute approximate surface area is 78.2 Å². The van der Waals surface area contributed by atoms with Gasteiger partial charge in [-0.25, -0.2) is 5.43 Å². The molecule has 0 aliphatic carbocycles. The van der Waals surface area contributed by atoms with Gasteiger partial charge in [0, 0.05) is 14.7 Å². The van der Waals surface area contributed by atoms with Crippen molar-refractivity contribution < 1.29 is 0 Å². The lowest BCUT2D eigenvalue weighted by atomic mass is 10.2. The molecule has 0 saturated carbocycles. The van der Waals surface area contributed by atoms with Gasteiger partial charge in [0.05, 0.1) is 6.04 Å². The van der Waals surface area contributed by atoms with E-state index in [1.54, 1.807) is 17.4 Å². The molecule has 0 amide bonds. The van der Waals surface area contributed by atoms with Crippen LogP contribution in [0.5, 0.6) is 0 Å². The molecular weight excluding hydrogens is 224 g/mol. The van der Waals surface area contributed by atoms with E-state index in [1.807, 2.05) is 11.4 Å². The maximum absolute atomic E-state index is 5.29. The van der Waals surface area contributed by atoms with Gasteiger partial charge in [0.15, 0.2) is 0 Å². The second kappa shape index (κ2) is 4.01. The number of nitrogens with one attached hydrogen (secondary N) is 1. The average Bonchev–Trinajstić information content (AvgIpc) is 2.39. The molecule has 60 valence electrons. The highest BCUT2D eigenvalue weighted by molar-refractivity contribution is 9.10. The van der Waals surface area contributed by atoms with Crippen molar-refractivity contribution in [1.29, 1.82) is 0 Å². The zero-order valence-electron chi connectivity index (χ0n) is 5.88. The van der Waals surface area contributed by atoms with Gasteiger partial charge >= 0.3 is 0 Å². The van der Waals surface area contributed by atoms with Crippen molar-refractivity contribution in [3.05, 3.63) is 33.5 Å². The minimum atomic E-state index is 0.0614. The lowest BCUT2D eigenvalue weighted by Gasteiger charge is -2.06. The summed E-state index contributed by atoms with van der Waals surface area (Å²) in [6.07, 6.45) is 1.78. The highest BCUT2D eigenvalue weighted by atomic mass is 79.9. The van der Waals surface area contributed by atoms with Crippen LogP contribution in [0.15, 0.2) is 28.6 Å². The first-order valence-corrected chi connectivity index (χ1v) is 4.78. The molecule has 11 heavy (non-hydrogen) atoms. The zero-order valence-corrected chi connectivity index (χ0v) is 8.28. The van der Waals surface area contributed by atoms with Crippen LogP contribution in [0.4, 0.5) is 0 Å². The number of nitrogens with two attached hydrogens (primary N) is 1. The first-order chi connectivity index (χ1) is 5.27. The van der Waals surface area contributed by atoms with E-state index in [1.165, 1.54) is 0 Å². The van der Waals surface area contributed by atoms with E-state index in [-0.39, 0.29) is 6.04 Å². The lowest BCUT2D eigenvalue weighted by molar-refractivity contribution is 0.666. The Bertz CT molecular complexity index is 246. The third-order valence-corrected chi connectivity index (χ3v) is 3.09. The van der Waals surface area contributed by atoms with Crippen molar-refractivity contribution in [3.8, 4) is 0 Å². The lowest BCUT2D eigenvalue weighted by Crippen LogP contribution is -2.25. The second-order valence-corrected chi connectivity index (χ2v) is 3.91.